The number of para-hydroxylation sites is 4. The van der Waals surface area contributed by atoms with Crippen molar-refractivity contribution in [1.29, 1.82) is 0 Å². The van der Waals surface area contributed by atoms with E-state index in [0.29, 0.717) is 0 Å². The van der Waals surface area contributed by atoms with Crippen LogP contribution in [-0.4, -0.2) is 9.13 Å². The third kappa shape index (κ3) is 2.98. The average molecular weight is 549 g/mol. The topological polar surface area (TPSA) is 23.0 Å². The lowest BCUT2D eigenvalue weighted by Crippen LogP contribution is -1.96. The second kappa shape index (κ2) is 8.37. The van der Waals surface area contributed by atoms with E-state index in [-0.39, 0.29) is 0 Å². The van der Waals surface area contributed by atoms with Crippen LogP contribution in [0.3, 0.4) is 0 Å². The monoisotopic (exact) mass is 548 g/mol. The largest absolute Gasteiger partial charge is 0.456 e. The lowest BCUT2D eigenvalue weighted by molar-refractivity contribution is 0.668. The summed E-state index contributed by atoms with van der Waals surface area (Å²) in [5, 5.41) is 9.81. The molecule has 0 fully saturated rings. The summed E-state index contributed by atoms with van der Waals surface area (Å²) in [5.74, 6) is 0. The predicted octanol–water partition coefficient (Wildman–Crippen LogP) is 10.9. The van der Waals surface area contributed by atoms with Crippen LogP contribution in [0.1, 0.15) is 0 Å². The minimum Gasteiger partial charge on any atom is -0.456 e. The maximum Gasteiger partial charge on any atom is 0.137 e. The summed E-state index contributed by atoms with van der Waals surface area (Å²) >= 11 is 0. The van der Waals surface area contributed by atoms with Crippen LogP contribution in [0.4, 0.5) is 0 Å². The summed E-state index contributed by atoms with van der Waals surface area (Å²) < 4.78 is 11.2. The molecule has 200 valence electrons. The molecule has 3 nitrogen and oxygen atoms in total. The van der Waals surface area contributed by atoms with Crippen LogP contribution in [0.15, 0.2) is 150 Å². The Kier molecular flexibility index (Phi) is 4.45. The average Bonchev–Trinajstić information content (AvgIpc) is 3.73. The molecule has 0 saturated carbocycles. The summed E-state index contributed by atoms with van der Waals surface area (Å²) in [5.41, 5.74) is 8.92. The van der Waals surface area contributed by atoms with Gasteiger partial charge < -0.3 is 13.6 Å². The van der Waals surface area contributed by atoms with Gasteiger partial charge in [0, 0.05) is 60.5 Å². The highest BCUT2D eigenvalue weighted by molar-refractivity contribution is 6.37. The van der Waals surface area contributed by atoms with Gasteiger partial charge in [0.25, 0.3) is 0 Å². The molecule has 0 radical (unpaired) electrons. The molecule has 10 aromatic rings. The normalized spacial score (nSPS) is 12.2. The van der Waals surface area contributed by atoms with E-state index in [2.05, 4.69) is 143 Å². The zero-order chi connectivity index (χ0) is 28.1. The molecule has 0 spiro atoms. The molecule has 43 heavy (non-hydrogen) atoms. The summed E-state index contributed by atoms with van der Waals surface area (Å²) in [6.45, 7) is 0. The maximum absolute atomic E-state index is 6.37. The molecule has 0 aliphatic rings. The van der Waals surface area contributed by atoms with Gasteiger partial charge in [0.1, 0.15) is 11.2 Å². The van der Waals surface area contributed by atoms with Crippen LogP contribution in [0.2, 0.25) is 0 Å². The molecule has 10 rings (SSSR count). The van der Waals surface area contributed by atoms with Gasteiger partial charge in [-0.25, -0.2) is 0 Å². The zero-order valence-electron chi connectivity index (χ0n) is 23.2. The van der Waals surface area contributed by atoms with E-state index in [4.69, 9.17) is 4.42 Å². The lowest BCUT2D eigenvalue weighted by Gasteiger charge is -2.13. The van der Waals surface area contributed by atoms with Crippen molar-refractivity contribution < 1.29 is 4.42 Å². The Labute approximate surface area is 246 Å². The van der Waals surface area contributed by atoms with Crippen LogP contribution in [0, 0.1) is 0 Å². The van der Waals surface area contributed by atoms with Crippen molar-refractivity contribution in [2.45, 2.75) is 0 Å². The molecular formula is C40H24N2O. The highest BCUT2D eigenvalue weighted by Gasteiger charge is 2.24. The van der Waals surface area contributed by atoms with Crippen LogP contribution < -0.4 is 0 Å². The van der Waals surface area contributed by atoms with Crippen LogP contribution in [-0.2, 0) is 0 Å². The molecule has 0 amide bonds. The summed E-state index contributed by atoms with van der Waals surface area (Å²) in [6, 6.07) is 52.2. The number of hydrogen-bond acceptors (Lipinski definition) is 1. The van der Waals surface area contributed by atoms with Crippen molar-refractivity contribution in [2.75, 3.05) is 0 Å². The summed E-state index contributed by atoms with van der Waals surface area (Å²) in [4.78, 5) is 0. The third-order valence-electron chi connectivity index (χ3n) is 9.07. The van der Waals surface area contributed by atoms with Crippen molar-refractivity contribution in [3.63, 3.8) is 0 Å². The van der Waals surface area contributed by atoms with Crippen molar-refractivity contribution in [1.82, 2.24) is 9.13 Å². The molecule has 0 aliphatic carbocycles. The van der Waals surface area contributed by atoms with E-state index in [1.165, 1.54) is 54.4 Å². The van der Waals surface area contributed by atoms with Gasteiger partial charge in [-0.05, 0) is 42.5 Å². The van der Waals surface area contributed by atoms with Gasteiger partial charge in [0.2, 0.25) is 0 Å². The van der Waals surface area contributed by atoms with Gasteiger partial charge in [-0.15, -0.1) is 0 Å². The van der Waals surface area contributed by atoms with Gasteiger partial charge in [-0.1, -0.05) is 97.1 Å². The second-order valence-electron chi connectivity index (χ2n) is 11.3. The van der Waals surface area contributed by atoms with Crippen molar-refractivity contribution in [3.05, 3.63) is 146 Å². The highest BCUT2D eigenvalue weighted by Crippen LogP contribution is 2.47. The fourth-order valence-electron chi connectivity index (χ4n) is 7.36. The predicted molar refractivity (Wildman–Crippen MR) is 180 cm³/mol. The molecule has 7 aromatic carbocycles. The van der Waals surface area contributed by atoms with E-state index >= 15 is 0 Å². The Morgan fingerprint density at radius 3 is 1.49 bits per heavy atom. The van der Waals surface area contributed by atoms with Crippen molar-refractivity contribution in [3.8, 4) is 11.4 Å². The fraction of sp³-hybridized carbons (Fsp3) is 0. The molecule has 0 bridgehead atoms. The number of nitrogens with zero attached hydrogens (tertiary/aromatic N) is 2. The number of aromatic nitrogens is 2. The van der Waals surface area contributed by atoms with Gasteiger partial charge >= 0.3 is 0 Å². The minimum absolute atomic E-state index is 0.899. The Bertz CT molecular complexity index is 2720. The molecule has 0 aliphatic heterocycles. The van der Waals surface area contributed by atoms with Gasteiger partial charge in [0.15, 0.2) is 0 Å². The minimum atomic E-state index is 0.899. The Balaban J connectivity index is 1.45. The van der Waals surface area contributed by atoms with E-state index in [1.807, 2.05) is 12.1 Å². The molecule has 0 N–H and O–H groups in total. The number of fused-ring (bicyclic) bond motifs is 13. The van der Waals surface area contributed by atoms with Crippen LogP contribution >= 0.6 is 0 Å². The van der Waals surface area contributed by atoms with E-state index in [1.54, 1.807) is 0 Å². The molecule has 3 heteroatoms. The smallest absolute Gasteiger partial charge is 0.137 e. The highest BCUT2D eigenvalue weighted by atomic mass is 16.3. The maximum atomic E-state index is 6.37. The fourth-order valence-corrected chi connectivity index (χ4v) is 7.36. The van der Waals surface area contributed by atoms with Gasteiger partial charge in [-0.3, -0.25) is 0 Å². The Morgan fingerprint density at radius 2 is 0.837 bits per heavy atom. The Morgan fingerprint density at radius 1 is 0.349 bits per heavy atom. The van der Waals surface area contributed by atoms with Gasteiger partial charge in [0.05, 0.1) is 22.1 Å². The second-order valence-corrected chi connectivity index (χ2v) is 11.3. The van der Waals surface area contributed by atoms with Crippen molar-refractivity contribution >= 4 is 76.3 Å². The van der Waals surface area contributed by atoms with E-state index < -0.39 is 0 Å². The molecule has 0 unspecified atom stereocenters. The van der Waals surface area contributed by atoms with E-state index in [9.17, 15) is 0 Å². The standard InChI is InChI=1S/C40H24N2O/c1-2-12-25(13-3-1)41-33-19-9-6-17-31(33)37-38-32-18-7-10-20-34(32)42(40(38)30-16-5-4-15-29(30)39(37)41)26-22-23-28-27-14-8-11-21-35(27)43-36(28)24-26/h1-24H. The number of hydrogen-bond donors (Lipinski definition) is 0. The first kappa shape index (κ1) is 22.8. The molecule has 3 aromatic heterocycles. The SMILES string of the molecule is c1ccc(-n2c3ccccc3c3c4c5ccccc5n(-c5ccc6c(c5)oc5ccccc56)c4c4ccccc4c32)cc1. The number of rotatable bonds is 2. The van der Waals surface area contributed by atoms with Crippen LogP contribution in [0.25, 0.3) is 87.7 Å². The molecule has 0 atom stereocenters. The third-order valence-corrected chi connectivity index (χ3v) is 9.07. The first-order valence-corrected chi connectivity index (χ1v) is 14.7. The van der Waals surface area contributed by atoms with Gasteiger partial charge in [-0.2, -0.15) is 0 Å². The van der Waals surface area contributed by atoms with Crippen molar-refractivity contribution in [2.24, 2.45) is 0 Å². The van der Waals surface area contributed by atoms with E-state index in [0.717, 1.165) is 33.3 Å². The van der Waals surface area contributed by atoms with Crippen LogP contribution in [0.5, 0.6) is 0 Å². The summed E-state index contributed by atoms with van der Waals surface area (Å²) in [6.07, 6.45) is 0. The number of benzene rings is 7. The summed E-state index contributed by atoms with van der Waals surface area (Å²) in [7, 11) is 0. The Hall–Kier alpha value is -5.80. The number of furan rings is 1. The molecule has 3 heterocycles. The zero-order valence-corrected chi connectivity index (χ0v) is 23.2. The molecule has 0 saturated heterocycles. The molecular weight excluding hydrogens is 524 g/mol. The first-order valence-electron chi connectivity index (χ1n) is 14.7. The lowest BCUT2D eigenvalue weighted by atomic mass is 9.99. The quantitative estimate of drug-likeness (QED) is 0.211. The first-order chi connectivity index (χ1) is 21.4.